The topological polar surface area (TPSA) is 90.5 Å². The van der Waals surface area contributed by atoms with Crippen molar-refractivity contribution in [2.75, 3.05) is 18.9 Å². The number of anilines is 1. The zero-order valence-electron chi connectivity index (χ0n) is 14.2. The zero-order valence-corrected chi connectivity index (χ0v) is 14.2. The summed E-state index contributed by atoms with van der Waals surface area (Å²) in [5.41, 5.74) is 7.28. The summed E-state index contributed by atoms with van der Waals surface area (Å²) in [5, 5.41) is 4.18. The number of nitrogens with zero attached hydrogens (tertiary/aromatic N) is 3. The van der Waals surface area contributed by atoms with E-state index < -0.39 is 5.97 Å². The number of piperidine rings is 1. The van der Waals surface area contributed by atoms with E-state index in [1.165, 1.54) is 4.68 Å². The summed E-state index contributed by atoms with van der Waals surface area (Å²) in [4.78, 5) is 26.1. The smallest absolute Gasteiger partial charge is 0.359 e. The summed E-state index contributed by atoms with van der Waals surface area (Å²) in [6.07, 6.45) is 4.75. The maximum absolute atomic E-state index is 12.2. The molecule has 1 aromatic heterocycles. The molecule has 0 radical (unpaired) electrons. The Morgan fingerprint density at radius 2 is 2.08 bits per heavy atom. The highest BCUT2D eigenvalue weighted by molar-refractivity contribution is 5.89. The number of aromatic nitrogens is 2. The van der Waals surface area contributed by atoms with Crippen molar-refractivity contribution < 1.29 is 14.3 Å². The van der Waals surface area contributed by atoms with Crippen molar-refractivity contribution in [2.24, 2.45) is 0 Å². The third-order valence-corrected chi connectivity index (χ3v) is 4.43. The molecule has 1 fully saturated rings. The van der Waals surface area contributed by atoms with E-state index in [9.17, 15) is 9.59 Å². The van der Waals surface area contributed by atoms with Crippen LogP contribution in [0.3, 0.4) is 0 Å². The summed E-state index contributed by atoms with van der Waals surface area (Å²) in [6, 6.07) is 8.96. The second-order valence-corrected chi connectivity index (χ2v) is 6.21. The van der Waals surface area contributed by atoms with Gasteiger partial charge in [0.1, 0.15) is 0 Å². The third kappa shape index (κ3) is 3.81. The standard InChI is InChI=1S/C18H22N4O3/c1-13-6-4-5-10-21(13)17(23)12-25-18(24)15-9-11-22(20-15)16-8-3-2-7-14(16)19/h2-3,7-9,11,13H,4-6,10,12,19H2,1H3. The molecule has 0 bridgehead atoms. The predicted octanol–water partition coefficient (Wildman–Crippen LogP) is 2.01. The van der Waals surface area contributed by atoms with Gasteiger partial charge in [0.25, 0.3) is 5.91 Å². The van der Waals surface area contributed by atoms with E-state index in [0.29, 0.717) is 11.4 Å². The van der Waals surface area contributed by atoms with Crippen molar-refractivity contribution in [2.45, 2.75) is 32.2 Å². The van der Waals surface area contributed by atoms with Gasteiger partial charge in [-0.25, -0.2) is 9.48 Å². The molecule has 0 saturated carbocycles. The Balaban J connectivity index is 1.61. The van der Waals surface area contributed by atoms with E-state index in [1.54, 1.807) is 29.3 Å². The fraction of sp³-hybridized carbons (Fsp3) is 0.389. The fourth-order valence-corrected chi connectivity index (χ4v) is 3.02. The van der Waals surface area contributed by atoms with Gasteiger partial charge in [-0.1, -0.05) is 12.1 Å². The molecule has 1 aromatic carbocycles. The normalized spacial score (nSPS) is 17.3. The maximum Gasteiger partial charge on any atom is 0.359 e. The van der Waals surface area contributed by atoms with Crippen LogP contribution in [-0.4, -0.2) is 45.8 Å². The number of nitrogens with two attached hydrogens (primary N) is 1. The Morgan fingerprint density at radius 3 is 2.84 bits per heavy atom. The SMILES string of the molecule is CC1CCCCN1C(=O)COC(=O)c1ccn(-c2ccccc2N)n1. The molecule has 0 spiro atoms. The van der Waals surface area contributed by atoms with Gasteiger partial charge >= 0.3 is 5.97 Å². The molecule has 7 heteroatoms. The molecule has 1 amide bonds. The van der Waals surface area contributed by atoms with Crippen LogP contribution in [0.15, 0.2) is 36.5 Å². The number of carbonyl (C=O) groups is 2. The van der Waals surface area contributed by atoms with E-state index in [2.05, 4.69) is 5.10 Å². The van der Waals surface area contributed by atoms with E-state index >= 15 is 0 Å². The minimum atomic E-state index is -0.619. The first-order valence-corrected chi connectivity index (χ1v) is 8.43. The summed E-state index contributed by atoms with van der Waals surface area (Å²) < 4.78 is 6.65. The lowest BCUT2D eigenvalue weighted by molar-refractivity contribution is -0.137. The summed E-state index contributed by atoms with van der Waals surface area (Å²) in [6.45, 7) is 2.48. The number of esters is 1. The molecule has 2 heterocycles. The highest BCUT2D eigenvalue weighted by Gasteiger charge is 2.24. The maximum atomic E-state index is 12.2. The molecule has 25 heavy (non-hydrogen) atoms. The van der Waals surface area contributed by atoms with E-state index in [1.807, 2.05) is 19.1 Å². The Morgan fingerprint density at radius 1 is 1.28 bits per heavy atom. The van der Waals surface area contributed by atoms with Gasteiger partial charge in [0.15, 0.2) is 12.3 Å². The Bertz CT molecular complexity index is 771. The molecule has 7 nitrogen and oxygen atoms in total. The number of para-hydroxylation sites is 2. The second-order valence-electron chi connectivity index (χ2n) is 6.21. The van der Waals surface area contributed by atoms with Crippen molar-refractivity contribution in [1.29, 1.82) is 0 Å². The number of carbonyl (C=O) groups excluding carboxylic acids is 2. The van der Waals surface area contributed by atoms with E-state index in [0.717, 1.165) is 25.8 Å². The molecule has 1 aliphatic heterocycles. The number of amides is 1. The van der Waals surface area contributed by atoms with Crippen LogP contribution in [-0.2, 0) is 9.53 Å². The van der Waals surface area contributed by atoms with Crippen LogP contribution in [0.25, 0.3) is 5.69 Å². The Hall–Kier alpha value is -2.83. The predicted molar refractivity (Wildman–Crippen MR) is 93.3 cm³/mol. The van der Waals surface area contributed by atoms with Gasteiger partial charge < -0.3 is 15.4 Å². The van der Waals surface area contributed by atoms with Crippen LogP contribution in [0.1, 0.15) is 36.7 Å². The number of likely N-dealkylation sites (tertiary alicyclic amines) is 1. The van der Waals surface area contributed by atoms with Gasteiger partial charge in [0, 0.05) is 18.8 Å². The number of benzene rings is 1. The summed E-state index contributed by atoms with van der Waals surface area (Å²) in [5.74, 6) is -0.779. The first kappa shape index (κ1) is 17.0. The minimum absolute atomic E-state index is 0.141. The molecule has 1 unspecified atom stereocenters. The molecular weight excluding hydrogens is 320 g/mol. The number of rotatable bonds is 4. The lowest BCUT2D eigenvalue weighted by atomic mass is 10.0. The van der Waals surface area contributed by atoms with Gasteiger partial charge in [-0.05, 0) is 44.4 Å². The first-order chi connectivity index (χ1) is 12.1. The van der Waals surface area contributed by atoms with Gasteiger partial charge in [-0.3, -0.25) is 4.79 Å². The monoisotopic (exact) mass is 342 g/mol. The average Bonchev–Trinajstić information content (AvgIpc) is 3.10. The van der Waals surface area contributed by atoms with Gasteiger partial charge in [0.05, 0.1) is 11.4 Å². The van der Waals surface area contributed by atoms with Crippen molar-refractivity contribution in [1.82, 2.24) is 14.7 Å². The molecule has 2 N–H and O–H groups in total. The van der Waals surface area contributed by atoms with E-state index in [4.69, 9.17) is 10.5 Å². The summed E-state index contributed by atoms with van der Waals surface area (Å²) >= 11 is 0. The lowest BCUT2D eigenvalue weighted by Crippen LogP contribution is -2.44. The molecule has 0 aliphatic carbocycles. The average molecular weight is 342 g/mol. The lowest BCUT2D eigenvalue weighted by Gasteiger charge is -2.33. The first-order valence-electron chi connectivity index (χ1n) is 8.43. The highest BCUT2D eigenvalue weighted by atomic mass is 16.5. The van der Waals surface area contributed by atoms with Crippen LogP contribution in [0.5, 0.6) is 0 Å². The van der Waals surface area contributed by atoms with Crippen molar-refractivity contribution >= 4 is 17.6 Å². The molecule has 1 atom stereocenters. The summed E-state index contributed by atoms with van der Waals surface area (Å²) in [7, 11) is 0. The van der Waals surface area contributed by atoms with Crippen LogP contribution >= 0.6 is 0 Å². The largest absolute Gasteiger partial charge is 0.451 e. The molecule has 3 rings (SSSR count). The molecular formula is C18H22N4O3. The van der Waals surface area contributed by atoms with Crippen molar-refractivity contribution in [3.05, 3.63) is 42.2 Å². The van der Waals surface area contributed by atoms with Gasteiger partial charge in [-0.15, -0.1) is 0 Å². The quantitative estimate of drug-likeness (QED) is 0.678. The number of ether oxygens (including phenoxy) is 1. The molecule has 132 valence electrons. The Labute approximate surface area is 146 Å². The highest BCUT2D eigenvalue weighted by Crippen LogP contribution is 2.17. The number of nitrogen functional groups attached to an aromatic ring is 1. The van der Waals surface area contributed by atoms with Crippen molar-refractivity contribution in [3.8, 4) is 5.69 Å². The van der Waals surface area contributed by atoms with Crippen molar-refractivity contribution in [3.63, 3.8) is 0 Å². The Kier molecular flexibility index (Phi) is 5.02. The molecule has 1 saturated heterocycles. The second kappa shape index (κ2) is 7.38. The third-order valence-electron chi connectivity index (χ3n) is 4.43. The van der Waals surface area contributed by atoms with Gasteiger partial charge in [0.2, 0.25) is 0 Å². The number of hydrogen-bond acceptors (Lipinski definition) is 5. The molecule has 2 aromatic rings. The fourth-order valence-electron chi connectivity index (χ4n) is 3.02. The zero-order chi connectivity index (χ0) is 17.8. The molecule has 1 aliphatic rings. The van der Waals surface area contributed by atoms with E-state index in [-0.39, 0.29) is 24.2 Å². The minimum Gasteiger partial charge on any atom is -0.451 e. The van der Waals surface area contributed by atoms with Crippen LogP contribution in [0, 0.1) is 0 Å². The number of hydrogen-bond donors (Lipinski definition) is 1. The van der Waals surface area contributed by atoms with Crippen LogP contribution in [0.2, 0.25) is 0 Å². The van der Waals surface area contributed by atoms with Gasteiger partial charge in [-0.2, -0.15) is 5.10 Å². The van der Waals surface area contributed by atoms with Crippen LogP contribution < -0.4 is 5.73 Å². The van der Waals surface area contributed by atoms with Crippen LogP contribution in [0.4, 0.5) is 5.69 Å².